The maximum absolute atomic E-state index is 12.9. The second kappa shape index (κ2) is 8.09. The van der Waals surface area contributed by atoms with Gasteiger partial charge >= 0.3 is 0 Å². The summed E-state index contributed by atoms with van der Waals surface area (Å²) in [4.78, 5) is 12.9. The van der Waals surface area contributed by atoms with Crippen molar-refractivity contribution in [2.24, 2.45) is 0 Å². The van der Waals surface area contributed by atoms with Crippen molar-refractivity contribution in [2.45, 2.75) is 25.7 Å². The zero-order valence-corrected chi connectivity index (χ0v) is 16.4. The minimum atomic E-state index is 0.193. The predicted molar refractivity (Wildman–Crippen MR) is 108 cm³/mol. The van der Waals surface area contributed by atoms with Gasteiger partial charge in [-0.1, -0.05) is 56.1 Å². The van der Waals surface area contributed by atoms with Crippen LogP contribution in [0.3, 0.4) is 0 Å². The second-order valence-electron chi connectivity index (χ2n) is 5.98. The zero-order chi connectivity index (χ0) is 16.9. The lowest BCUT2D eigenvalue weighted by Gasteiger charge is -2.06. The lowest BCUT2D eigenvalue weighted by Crippen LogP contribution is -2.03. The van der Waals surface area contributed by atoms with Gasteiger partial charge < -0.3 is 0 Å². The van der Waals surface area contributed by atoms with E-state index in [1.54, 1.807) is 0 Å². The maximum Gasteiger partial charge on any atom is 0.185 e. The van der Waals surface area contributed by atoms with Crippen LogP contribution in [0.15, 0.2) is 68.6 Å². The molecule has 1 saturated carbocycles. The van der Waals surface area contributed by atoms with Crippen molar-refractivity contribution in [1.82, 2.24) is 0 Å². The zero-order valence-electron chi connectivity index (χ0n) is 13.3. The number of hydrogen-bond acceptors (Lipinski definition) is 1. The Bertz CT molecular complexity index is 716. The average Bonchev–Trinajstić information content (AvgIpc) is 2.75. The van der Waals surface area contributed by atoms with E-state index in [0.29, 0.717) is 0 Å². The number of hydrogen-bond donors (Lipinski definition) is 0. The van der Waals surface area contributed by atoms with Crippen LogP contribution in [0, 0.1) is 0 Å². The fourth-order valence-electron chi connectivity index (χ4n) is 2.86. The van der Waals surface area contributed by atoms with Crippen molar-refractivity contribution >= 4 is 49.8 Å². The number of halogens is 2. The molecule has 1 fully saturated rings. The van der Waals surface area contributed by atoms with Crippen LogP contribution in [0.2, 0.25) is 0 Å². The van der Waals surface area contributed by atoms with Gasteiger partial charge in [-0.05, 0) is 73.2 Å². The number of rotatable bonds is 2. The molecule has 0 spiro atoms. The summed E-state index contributed by atoms with van der Waals surface area (Å²) < 4.78 is 2.10. The van der Waals surface area contributed by atoms with Crippen molar-refractivity contribution in [1.29, 1.82) is 0 Å². The lowest BCUT2D eigenvalue weighted by molar-refractivity contribution is -0.112. The molecule has 122 valence electrons. The van der Waals surface area contributed by atoms with Crippen molar-refractivity contribution < 1.29 is 4.79 Å². The number of benzene rings is 2. The van der Waals surface area contributed by atoms with Gasteiger partial charge in [0.2, 0.25) is 0 Å². The van der Waals surface area contributed by atoms with Crippen LogP contribution in [0.1, 0.15) is 36.8 Å². The van der Waals surface area contributed by atoms with Crippen LogP contribution in [0.4, 0.5) is 0 Å². The van der Waals surface area contributed by atoms with Crippen molar-refractivity contribution in [3.63, 3.8) is 0 Å². The van der Waals surface area contributed by atoms with E-state index >= 15 is 0 Å². The molecule has 2 aromatic carbocycles. The SMILES string of the molecule is O=C1/C(=C/c2ccc(Br)cc2)CCCC/C1=C\c1ccc(Br)cc1. The average molecular weight is 446 g/mol. The normalized spacial score (nSPS) is 18.8. The van der Waals surface area contributed by atoms with Gasteiger partial charge in [-0.2, -0.15) is 0 Å². The van der Waals surface area contributed by atoms with Crippen molar-refractivity contribution in [3.8, 4) is 0 Å². The summed E-state index contributed by atoms with van der Waals surface area (Å²) in [6.45, 7) is 0. The van der Waals surface area contributed by atoms with Gasteiger partial charge in [0.1, 0.15) is 0 Å². The molecule has 0 N–H and O–H groups in total. The van der Waals surface area contributed by atoms with Crippen LogP contribution < -0.4 is 0 Å². The molecule has 0 unspecified atom stereocenters. The van der Waals surface area contributed by atoms with Crippen LogP contribution in [-0.2, 0) is 4.79 Å². The third-order valence-corrected chi connectivity index (χ3v) is 5.20. The molecule has 0 heterocycles. The Morgan fingerprint density at radius 1 is 0.667 bits per heavy atom. The molecule has 0 radical (unpaired) electrons. The Balaban J connectivity index is 1.90. The molecule has 0 bridgehead atoms. The Hall–Kier alpha value is -1.45. The Morgan fingerprint density at radius 2 is 1.04 bits per heavy atom. The predicted octanol–water partition coefficient (Wildman–Crippen LogP) is 6.82. The highest BCUT2D eigenvalue weighted by molar-refractivity contribution is 9.10. The van der Waals surface area contributed by atoms with E-state index in [1.807, 2.05) is 60.7 Å². The van der Waals surface area contributed by atoms with E-state index in [4.69, 9.17) is 0 Å². The van der Waals surface area contributed by atoms with Gasteiger partial charge in [-0.3, -0.25) is 4.79 Å². The smallest absolute Gasteiger partial charge is 0.185 e. The number of carbonyl (C=O) groups is 1. The Morgan fingerprint density at radius 3 is 1.42 bits per heavy atom. The van der Waals surface area contributed by atoms with Gasteiger partial charge in [0, 0.05) is 20.1 Å². The summed E-state index contributed by atoms with van der Waals surface area (Å²) in [5, 5.41) is 0. The molecule has 0 amide bonds. The molecule has 0 atom stereocenters. The summed E-state index contributed by atoms with van der Waals surface area (Å²) >= 11 is 6.89. The third-order valence-electron chi connectivity index (χ3n) is 4.15. The third kappa shape index (κ3) is 4.55. The molecule has 24 heavy (non-hydrogen) atoms. The quantitative estimate of drug-likeness (QED) is 0.366. The number of allylic oxidation sites excluding steroid dienone is 2. The van der Waals surface area contributed by atoms with Gasteiger partial charge in [0.25, 0.3) is 0 Å². The highest BCUT2D eigenvalue weighted by Crippen LogP contribution is 2.27. The molecule has 1 nitrogen and oxygen atoms in total. The van der Waals surface area contributed by atoms with Crippen LogP contribution in [0.25, 0.3) is 12.2 Å². The Kier molecular flexibility index (Phi) is 5.85. The van der Waals surface area contributed by atoms with E-state index in [0.717, 1.165) is 56.9 Å². The van der Waals surface area contributed by atoms with Crippen LogP contribution in [-0.4, -0.2) is 5.78 Å². The standard InChI is InChI=1S/C21H18Br2O/c22-19-9-5-15(6-10-19)13-17-3-1-2-4-18(21(17)24)14-16-7-11-20(23)12-8-16/h5-14H,1-4H2/b17-13+,18-14+. The van der Waals surface area contributed by atoms with E-state index in [1.165, 1.54) is 0 Å². The molecule has 2 aromatic rings. The Labute approximate surface area is 159 Å². The number of carbonyl (C=O) groups excluding carboxylic acids is 1. The molecule has 0 aliphatic heterocycles. The van der Waals surface area contributed by atoms with E-state index in [2.05, 4.69) is 31.9 Å². The first-order valence-electron chi connectivity index (χ1n) is 8.09. The fraction of sp³-hybridized carbons (Fsp3) is 0.190. The summed E-state index contributed by atoms with van der Waals surface area (Å²) in [6.07, 6.45) is 7.90. The van der Waals surface area contributed by atoms with E-state index in [9.17, 15) is 4.79 Å². The minimum absolute atomic E-state index is 0.193. The number of Topliss-reactive ketones (excluding diaryl/α,β-unsaturated/α-hetero) is 1. The first-order valence-corrected chi connectivity index (χ1v) is 9.67. The monoisotopic (exact) mass is 444 g/mol. The van der Waals surface area contributed by atoms with Crippen molar-refractivity contribution in [2.75, 3.05) is 0 Å². The first-order chi connectivity index (χ1) is 11.6. The first kappa shape index (κ1) is 17.4. The molecule has 1 aliphatic rings. The van der Waals surface area contributed by atoms with Crippen LogP contribution >= 0.6 is 31.9 Å². The highest BCUT2D eigenvalue weighted by atomic mass is 79.9. The van der Waals surface area contributed by atoms with Gasteiger partial charge in [0.15, 0.2) is 5.78 Å². The molecule has 3 rings (SSSR count). The summed E-state index contributed by atoms with van der Waals surface area (Å²) in [7, 11) is 0. The van der Waals surface area contributed by atoms with Crippen molar-refractivity contribution in [3.05, 3.63) is 79.7 Å². The molecular weight excluding hydrogens is 428 g/mol. The van der Waals surface area contributed by atoms with E-state index in [-0.39, 0.29) is 5.78 Å². The summed E-state index contributed by atoms with van der Waals surface area (Å²) in [5.41, 5.74) is 3.98. The van der Waals surface area contributed by atoms with Gasteiger partial charge in [0.05, 0.1) is 0 Å². The molecule has 1 aliphatic carbocycles. The minimum Gasteiger partial charge on any atom is -0.289 e. The largest absolute Gasteiger partial charge is 0.289 e. The van der Waals surface area contributed by atoms with Gasteiger partial charge in [-0.25, -0.2) is 0 Å². The molecule has 0 saturated heterocycles. The maximum atomic E-state index is 12.9. The summed E-state index contributed by atoms with van der Waals surface area (Å²) in [6, 6.07) is 16.2. The number of ketones is 1. The van der Waals surface area contributed by atoms with E-state index < -0.39 is 0 Å². The fourth-order valence-corrected chi connectivity index (χ4v) is 3.39. The second-order valence-corrected chi connectivity index (χ2v) is 7.81. The topological polar surface area (TPSA) is 17.1 Å². The van der Waals surface area contributed by atoms with Gasteiger partial charge in [-0.15, -0.1) is 0 Å². The molecular formula is C21H18Br2O. The molecule has 0 aromatic heterocycles. The molecule has 3 heteroatoms. The lowest BCUT2D eigenvalue weighted by atomic mass is 9.98. The van der Waals surface area contributed by atoms with Crippen LogP contribution in [0.5, 0.6) is 0 Å². The summed E-state index contributed by atoms with van der Waals surface area (Å²) in [5.74, 6) is 0.193. The highest BCUT2D eigenvalue weighted by Gasteiger charge is 2.18.